The van der Waals surface area contributed by atoms with E-state index in [9.17, 15) is 9.90 Å². The van der Waals surface area contributed by atoms with Gasteiger partial charge in [-0.3, -0.25) is 0 Å². The number of quaternary nitrogens is 1. The first kappa shape index (κ1) is 23.5. The van der Waals surface area contributed by atoms with Gasteiger partial charge in [-0.05, 0) is 18.1 Å². The summed E-state index contributed by atoms with van der Waals surface area (Å²) in [5.74, 6) is -0.428. The first-order chi connectivity index (χ1) is 13.4. The van der Waals surface area contributed by atoms with E-state index in [1.54, 1.807) is 0 Å². The number of nitrogens with zero attached hydrogens (tertiary/aromatic N) is 1. The van der Waals surface area contributed by atoms with Crippen LogP contribution in [-0.4, -0.2) is 62.1 Å². The van der Waals surface area contributed by atoms with E-state index < -0.39 is 11.6 Å². The number of hydrogen-bond acceptors (Lipinski definition) is 4. The number of aliphatic hydroxyl groups is 1. The van der Waals surface area contributed by atoms with Gasteiger partial charge in [0.1, 0.15) is 6.54 Å². The Labute approximate surface area is 183 Å². The van der Waals surface area contributed by atoms with E-state index in [0.29, 0.717) is 11.1 Å². The van der Waals surface area contributed by atoms with E-state index in [1.807, 2.05) is 61.5 Å². The highest BCUT2D eigenvalue weighted by molar-refractivity contribution is 5.86. The molecule has 2 aromatic carbocycles. The zero-order chi connectivity index (χ0) is 20.2. The highest BCUT2D eigenvalue weighted by Crippen LogP contribution is 2.36. The second kappa shape index (κ2) is 9.85. The number of carbonyl (C=O) groups is 1. The maximum absolute atomic E-state index is 13.6. The molecule has 0 aromatic heterocycles. The Bertz CT molecular complexity index is 794. The average molecular weight is 464 g/mol. The van der Waals surface area contributed by atoms with E-state index in [4.69, 9.17) is 9.47 Å². The van der Waals surface area contributed by atoms with E-state index in [0.717, 1.165) is 29.6 Å². The van der Waals surface area contributed by atoms with Crippen LogP contribution < -0.4 is 17.0 Å². The van der Waals surface area contributed by atoms with Crippen LogP contribution in [-0.2, 0) is 19.9 Å². The lowest BCUT2D eigenvalue weighted by Gasteiger charge is -2.33. The van der Waals surface area contributed by atoms with Gasteiger partial charge < -0.3 is 36.0 Å². The van der Waals surface area contributed by atoms with Gasteiger partial charge >= 0.3 is 5.97 Å². The maximum Gasteiger partial charge on any atom is 0.348 e. The Morgan fingerprint density at radius 2 is 1.72 bits per heavy atom. The molecule has 0 spiro atoms. The van der Waals surface area contributed by atoms with Crippen LogP contribution in [0, 0.1) is 6.92 Å². The van der Waals surface area contributed by atoms with Crippen LogP contribution in [0.15, 0.2) is 54.6 Å². The molecule has 2 unspecified atom stereocenters. The number of carbonyl (C=O) groups excluding carboxylic acids is 1. The van der Waals surface area contributed by atoms with Crippen molar-refractivity contribution < 1.29 is 40.8 Å². The molecule has 6 heteroatoms. The summed E-state index contributed by atoms with van der Waals surface area (Å²) in [6.07, 6.45) is 0.686. The summed E-state index contributed by atoms with van der Waals surface area (Å²) >= 11 is 0. The third-order valence-electron chi connectivity index (χ3n) is 5.36. The van der Waals surface area contributed by atoms with E-state index in [-0.39, 0.29) is 36.3 Å². The van der Waals surface area contributed by atoms with Gasteiger partial charge in [0.25, 0.3) is 0 Å². The molecule has 0 radical (unpaired) electrons. The summed E-state index contributed by atoms with van der Waals surface area (Å²) < 4.78 is 12.9. The van der Waals surface area contributed by atoms with Crippen molar-refractivity contribution in [3.8, 4) is 0 Å². The van der Waals surface area contributed by atoms with Gasteiger partial charge in [0.2, 0.25) is 5.60 Å². The van der Waals surface area contributed by atoms with Gasteiger partial charge in [-0.2, -0.15) is 0 Å². The number of aliphatic hydroxyl groups excluding tert-OH is 1. The van der Waals surface area contributed by atoms with Crippen LogP contribution in [0.25, 0.3) is 0 Å². The molecule has 1 aliphatic rings. The van der Waals surface area contributed by atoms with Crippen molar-refractivity contribution in [1.82, 2.24) is 0 Å². The summed E-state index contributed by atoms with van der Waals surface area (Å²) in [6.45, 7) is 3.60. The highest BCUT2D eigenvalue weighted by atomic mass is 79.9. The second-order valence-corrected chi connectivity index (χ2v) is 8.14. The number of rotatable bonds is 7. The molecule has 0 saturated carbocycles. The molecule has 3 rings (SSSR count). The number of halogens is 1. The Hall–Kier alpha value is -1.73. The Morgan fingerprint density at radius 1 is 1.10 bits per heavy atom. The summed E-state index contributed by atoms with van der Waals surface area (Å²) in [7, 11) is 4.28. The fourth-order valence-corrected chi connectivity index (χ4v) is 3.85. The van der Waals surface area contributed by atoms with E-state index in [2.05, 4.69) is 14.1 Å². The molecule has 2 atom stereocenters. The number of likely N-dealkylation sites (tertiary alicyclic amines) is 1. The van der Waals surface area contributed by atoms with E-state index >= 15 is 0 Å². The topological polar surface area (TPSA) is 55.8 Å². The molecular formula is C23H30BrNO4. The van der Waals surface area contributed by atoms with Crippen molar-refractivity contribution in [1.29, 1.82) is 0 Å². The van der Waals surface area contributed by atoms with Crippen LogP contribution in [0.4, 0.5) is 0 Å². The highest BCUT2D eigenvalue weighted by Gasteiger charge is 2.47. The number of ether oxygens (including phenoxy) is 2. The van der Waals surface area contributed by atoms with E-state index in [1.165, 1.54) is 0 Å². The smallest absolute Gasteiger partial charge is 0.348 e. The number of likely N-dealkylation sites (N-methyl/N-ethyl adjacent to an activating group) is 1. The molecular weight excluding hydrogens is 434 g/mol. The molecule has 5 nitrogen and oxygen atoms in total. The fourth-order valence-electron chi connectivity index (χ4n) is 3.85. The summed E-state index contributed by atoms with van der Waals surface area (Å²) in [4.78, 5) is 13.6. The fraction of sp³-hybridized carbons (Fsp3) is 0.435. The first-order valence-corrected chi connectivity index (χ1v) is 9.78. The minimum Gasteiger partial charge on any atom is -1.00 e. The van der Waals surface area contributed by atoms with Crippen LogP contribution in [0.5, 0.6) is 0 Å². The number of esters is 1. The van der Waals surface area contributed by atoms with Gasteiger partial charge in [-0.25, -0.2) is 4.79 Å². The largest absolute Gasteiger partial charge is 1.00 e. The molecule has 1 aliphatic heterocycles. The summed E-state index contributed by atoms with van der Waals surface area (Å²) in [6, 6.07) is 17.1. The van der Waals surface area contributed by atoms with Crippen molar-refractivity contribution in [2.75, 3.05) is 40.4 Å². The van der Waals surface area contributed by atoms with Crippen molar-refractivity contribution in [3.63, 3.8) is 0 Å². The van der Waals surface area contributed by atoms with Crippen molar-refractivity contribution in [2.45, 2.75) is 25.0 Å². The summed E-state index contributed by atoms with van der Waals surface area (Å²) in [5.41, 5.74) is 1.09. The maximum atomic E-state index is 13.6. The first-order valence-electron chi connectivity index (χ1n) is 9.78. The van der Waals surface area contributed by atoms with Gasteiger partial charge in [-0.15, -0.1) is 0 Å². The lowest BCUT2D eigenvalue weighted by Crippen LogP contribution is -3.00. The summed E-state index contributed by atoms with van der Waals surface area (Å²) in [5, 5.41) is 9.42. The normalized spacial score (nSPS) is 19.8. The molecule has 0 aliphatic carbocycles. The SMILES string of the molecule is Cc1ccc(C(OCCO)(C(=O)OC2CC[N+](C)(C)C2)c2ccccc2)cc1.[Br-]. The van der Waals surface area contributed by atoms with Gasteiger partial charge in [0.15, 0.2) is 6.10 Å². The predicted octanol–water partition coefficient (Wildman–Crippen LogP) is -0.357. The third-order valence-corrected chi connectivity index (χ3v) is 5.36. The standard InChI is InChI=1S/C23H30NO4.BrH/c1-18-9-11-20(12-10-18)23(27-16-15-25,19-7-5-4-6-8-19)22(26)28-21-13-14-24(2,3)17-21;/h4-12,21,25H,13-17H2,1-3H3;1H/q+1;/p-1. The zero-order valence-electron chi connectivity index (χ0n) is 17.3. The third kappa shape index (κ3) is 5.25. The Morgan fingerprint density at radius 3 is 2.28 bits per heavy atom. The molecule has 0 bridgehead atoms. The van der Waals surface area contributed by atoms with Crippen molar-refractivity contribution in [3.05, 3.63) is 71.3 Å². The van der Waals surface area contributed by atoms with Crippen molar-refractivity contribution >= 4 is 5.97 Å². The second-order valence-electron chi connectivity index (χ2n) is 8.14. The molecule has 0 amide bonds. The predicted molar refractivity (Wildman–Crippen MR) is 108 cm³/mol. The monoisotopic (exact) mass is 463 g/mol. The lowest BCUT2D eigenvalue weighted by atomic mass is 9.85. The number of hydrogen-bond donors (Lipinski definition) is 1. The van der Waals surface area contributed by atoms with Crippen LogP contribution in [0.1, 0.15) is 23.1 Å². The average Bonchev–Trinajstić information content (AvgIpc) is 3.02. The lowest BCUT2D eigenvalue weighted by molar-refractivity contribution is -0.879. The molecule has 1 fully saturated rings. The van der Waals surface area contributed by atoms with Crippen molar-refractivity contribution in [2.24, 2.45) is 0 Å². The molecule has 29 heavy (non-hydrogen) atoms. The zero-order valence-corrected chi connectivity index (χ0v) is 18.9. The van der Waals surface area contributed by atoms with Crippen LogP contribution in [0.3, 0.4) is 0 Å². The minimum absolute atomic E-state index is 0. The molecule has 2 aromatic rings. The molecule has 1 heterocycles. The molecule has 158 valence electrons. The van der Waals surface area contributed by atoms with Crippen LogP contribution in [0.2, 0.25) is 0 Å². The quantitative estimate of drug-likeness (QED) is 0.450. The van der Waals surface area contributed by atoms with Gasteiger partial charge in [0, 0.05) is 6.42 Å². The number of benzene rings is 2. The number of aryl methyl sites for hydroxylation is 1. The molecule has 1 N–H and O–H groups in total. The Kier molecular flexibility index (Phi) is 8.00. The van der Waals surface area contributed by atoms with Gasteiger partial charge in [0.05, 0.1) is 33.9 Å². The molecule has 1 saturated heterocycles. The Balaban J connectivity index is 0.00000300. The van der Waals surface area contributed by atoms with Gasteiger partial charge in [-0.1, -0.05) is 60.2 Å². The van der Waals surface area contributed by atoms with Crippen LogP contribution >= 0.6 is 0 Å². The minimum atomic E-state index is -1.41.